The Labute approximate surface area is 55.4 Å². The molecule has 2 aliphatic rings. The zero-order chi connectivity index (χ0) is 6.32. The molecule has 1 spiro atoms. The van der Waals surface area contributed by atoms with Crippen LogP contribution in [0.2, 0.25) is 0 Å². The van der Waals surface area contributed by atoms with Gasteiger partial charge in [0.05, 0.1) is 6.10 Å². The fraction of sp³-hybridized carbons (Fsp3) is 0.750. The van der Waals surface area contributed by atoms with Crippen molar-refractivity contribution in [2.24, 2.45) is 5.41 Å². The molecule has 2 aliphatic carbocycles. The Balaban J connectivity index is 2.09. The summed E-state index contributed by atoms with van der Waals surface area (Å²) in [5.74, 6) is 0. The molecular weight excluding hydrogens is 112 g/mol. The molecule has 0 aliphatic heterocycles. The molecule has 50 valence electrons. The highest BCUT2D eigenvalue weighted by molar-refractivity contribution is 5.14. The van der Waals surface area contributed by atoms with Gasteiger partial charge in [-0.15, -0.1) is 0 Å². The molecule has 0 bridgehead atoms. The lowest BCUT2D eigenvalue weighted by Gasteiger charge is -2.36. The third kappa shape index (κ3) is 0.715. The Morgan fingerprint density at radius 1 is 1.44 bits per heavy atom. The quantitative estimate of drug-likeness (QED) is 0.485. The number of rotatable bonds is 0. The van der Waals surface area contributed by atoms with Crippen LogP contribution in [0.25, 0.3) is 0 Å². The Morgan fingerprint density at radius 2 is 2.22 bits per heavy atom. The third-order valence-corrected chi connectivity index (χ3v) is 2.64. The summed E-state index contributed by atoms with van der Waals surface area (Å²) in [4.78, 5) is 0. The molecule has 1 N–H and O–H groups in total. The summed E-state index contributed by atoms with van der Waals surface area (Å²) in [6.45, 7) is 0. The first-order chi connectivity index (χ1) is 4.31. The number of hydrogen-bond donors (Lipinski definition) is 1. The van der Waals surface area contributed by atoms with Crippen molar-refractivity contribution in [3.63, 3.8) is 0 Å². The first-order valence-corrected chi connectivity index (χ1v) is 3.68. The SMILES string of the molecule is OC1C=CC2(CCC2)C1. The zero-order valence-corrected chi connectivity index (χ0v) is 5.51. The fourth-order valence-electron chi connectivity index (χ4n) is 1.87. The smallest absolute Gasteiger partial charge is 0.0729 e. The van der Waals surface area contributed by atoms with E-state index in [0.717, 1.165) is 6.42 Å². The molecular formula is C8H12O. The predicted octanol–water partition coefficient (Wildman–Crippen LogP) is 1.48. The van der Waals surface area contributed by atoms with Gasteiger partial charge in [0.25, 0.3) is 0 Å². The van der Waals surface area contributed by atoms with Crippen molar-refractivity contribution in [2.45, 2.75) is 31.8 Å². The van der Waals surface area contributed by atoms with Gasteiger partial charge in [0, 0.05) is 0 Å². The molecule has 1 unspecified atom stereocenters. The molecule has 0 aromatic heterocycles. The van der Waals surface area contributed by atoms with Gasteiger partial charge in [-0.05, 0) is 24.7 Å². The second kappa shape index (κ2) is 1.60. The summed E-state index contributed by atoms with van der Waals surface area (Å²) < 4.78 is 0. The topological polar surface area (TPSA) is 20.2 Å². The normalized spacial score (nSPS) is 37.2. The maximum Gasteiger partial charge on any atom is 0.0729 e. The van der Waals surface area contributed by atoms with Gasteiger partial charge in [-0.25, -0.2) is 0 Å². The van der Waals surface area contributed by atoms with Crippen LogP contribution >= 0.6 is 0 Å². The summed E-state index contributed by atoms with van der Waals surface area (Å²) in [5, 5.41) is 9.14. The van der Waals surface area contributed by atoms with E-state index in [9.17, 15) is 0 Å². The molecule has 0 amide bonds. The minimum atomic E-state index is -0.134. The van der Waals surface area contributed by atoms with E-state index in [1.807, 2.05) is 6.08 Å². The second-order valence-corrected chi connectivity index (χ2v) is 3.35. The van der Waals surface area contributed by atoms with Gasteiger partial charge < -0.3 is 5.11 Å². The molecule has 1 heteroatoms. The molecule has 0 radical (unpaired) electrons. The number of aliphatic hydroxyl groups excluding tert-OH is 1. The van der Waals surface area contributed by atoms with E-state index in [1.165, 1.54) is 19.3 Å². The van der Waals surface area contributed by atoms with E-state index in [2.05, 4.69) is 6.08 Å². The lowest BCUT2D eigenvalue weighted by Crippen LogP contribution is -2.26. The minimum Gasteiger partial charge on any atom is -0.389 e. The van der Waals surface area contributed by atoms with Gasteiger partial charge >= 0.3 is 0 Å². The Bertz CT molecular complexity index is 145. The van der Waals surface area contributed by atoms with Crippen LogP contribution in [0.4, 0.5) is 0 Å². The molecule has 0 saturated heterocycles. The first-order valence-electron chi connectivity index (χ1n) is 3.68. The third-order valence-electron chi connectivity index (χ3n) is 2.64. The van der Waals surface area contributed by atoms with E-state index in [1.54, 1.807) is 0 Å². The van der Waals surface area contributed by atoms with Crippen LogP contribution in [0, 0.1) is 5.41 Å². The van der Waals surface area contributed by atoms with Crippen LogP contribution in [-0.2, 0) is 0 Å². The fourth-order valence-corrected chi connectivity index (χ4v) is 1.87. The molecule has 1 fully saturated rings. The molecule has 1 atom stereocenters. The molecule has 0 heterocycles. The van der Waals surface area contributed by atoms with Crippen molar-refractivity contribution < 1.29 is 5.11 Å². The monoisotopic (exact) mass is 124 g/mol. The van der Waals surface area contributed by atoms with Crippen molar-refractivity contribution in [1.29, 1.82) is 0 Å². The first kappa shape index (κ1) is 5.48. The Hall–Kier alpha value is -0.300. The van der Waals surface area contributed by atoms with Crippen LogP contribution < -0.4 is 0 Å². The summed E-state index contributed by atoms with van der Waals surface area (Å²) in [7, 11) is 0. The molecule has 1 nitrogen and oxygen atoms in total. The standard InChI is InChI=1S/C8H12O/c9-7-2-5-8(6-7)3-1-4-8/h2,5,7,9H,1,3-4,6H2. The van der Waals surface area contributed by atoms with E-state index < -0.39 is 0 Å². The maximum absolute atomic E-state index is 9.14. The van der Waals surface area contributed by atoms with Crippen LogP contribution in [0.3, 0.4) is 0 Å². The second-order valence-electron chi connectivity index (χ2n) is 3.35. The van der Waals surface area contributed by atoms with Gasteiger partial charge in [-0.3, -0.25) is 0 Å². The van der Waals surface area contributed by atoms with Gasteiger partial charge in [-0.1, -0.05) is 18.6 Å². The number of allylic oxidation sites excluding steroid dienone is 1. The highest BCUT2D eigenvalue weighted by atomic mass is 16.3. The van der Waals surface area contributed by atoms with Gasteiger partial charge in [0.2, 0.25) is 0 Å². The van der Waals surface area contributed by atoms with Crippen molar-refractivity contribution in [3.8, 4) is 0 Å². The summed E-state index contributed by atoms with van der Waals surface area (Å²) in [6, 6.07) is 0. The number of hydrogen-bond acceptors (Lipinski definition) is 1. The number of aliphatic hydroxyl groups is 1. The lowest BCUT2D eigenvalue weighted by molar-refractivity contribution is 0.125. The average Bonchev–Trinajstić information content (AvgIpc) is 2.09. The van der Waals surface area contributed by atoms with Crippen molar-refractivity contribution in [3.05, 3.63) is 12.2 Å². The molecule has 0 aromatic carbocycles. The van der Waals surface area contributed by atoms with Crippen molar-refractivity contribution in [1.82, 2.24) is 0 Å². The van der Waals surface area contributed by atoms with Crippen molar-refractivity contribution >= 4 is 0 Å². The zero-order valence-electron chi connectivity index (χ0n) is 5.51. The van der Waals surface area contributed by atoms with E-state index >= 15 is 0 Å². The van der Waals surface area contributed by atoms with Crippen LogP contribution in [0.15, 0.2) is 12.2 Å². The highest BCUT2D eigenvalue weighted by Gasteiger charge is 2.38. The molecule has 2 rings (SSSR count). The molecule has 1 saturated carbocycles. The summed E-state index contributed by atoms with van der Waals surface area (Å²) in [5.41, 5.74) is 0.458. The predicted molar refractivity (Wildman–Crippen MR) is 36.0 cm³/mol. The molecule has 9 heavy (non-hydrogen) atoms. The van der Waals surface area contributed by atoms with Gasteiger partial charge in [-0.2, -0.15) is 0 Å². The molecule has 0 aromatic rings. The van der Waals surface area contributed by atoms with E-state index in [0.29, 0.717) is 5.41 Å². The Kier molecular flexibility index (Phi) is 0.974. The largest absolute Gasteiger partial charge is 0.389 e. The van der Waals surface area contributed by atoms with Crippen molar-refractivity contribution in [2.75, 3.05) is 0 Å². The summed E-state index contributed by atoms with van der Waals surface area (Å²) >= 11 is 0. The maximum atomic E-state index is 9.14. The average molecular weight is 124 g/mol. The Morgan fingerprint density at radius 3 is 2.44 bits per heavy atom. The van der Waals surface area contributed by atoms with E-state index in [4.69, 9.17) is 5.11 Å². The van der Waals surface area contributed by atoms with Crippen LogP contribution in [0.1, 0.15) is 25.7 Å². The summed E-state index contributed by atoms with van der Waals surface area (Å²) in [6.07, 6.45) is 8.98. The van der Waals surface area contributed by atoms with Crippen LogP contribution in [-0.4, -0.2) is 11.2 Å². The van der Waals surface area contributed by atoms with Gasteiger partial charge in [0.15, 0.2) is 0 Å². The highest BCUT2D eigenvalue weighted by Crippen LogP contribution is 2.49. The minimum absolute atomic E-state index is 0.134. The van der Waals surface area contributed by atoms with E-state index in [-0.39, 0.29) is 6.10 Å². The van der Waals surface area contributed by atoms with Gasteiger partial charge in [0.1, 0.15) is 0 Å². The lowest BCUT2D eigenvalue weighted by atomic mass is 9.68. The van der Waals surface area contributed by atoms with Crippen LogP contribution in [0.5, 0.6) is 0 Å².